The maximum absolute atomic E-state index is 11.4. The highest BCUT2D eigenvalue weighted by Crippen LogP contribution is 2.43. The van der Waals surface area contributed by atoms with E-state index in [9.17, 15) is 5.11 Å². The Labute approximate surface area is 213 Å². The first-order valence-corrected chi connectivity index (χ1v) is 13.7. The van der Waals surface area contributed by atoms with Gasteiger partial charge in [0.25, 0.3) is 0 Å². The molecule has 2 fully saturated rings. The molecule has 4 rings (SSSR count). The number of benzene rings is 2. The molecule has 35 heavy (non-hydrogen) atoms. The lowest BCUT2D eigenvalue weighted by Crippen LogP contribution is -2.41. The molecule has 0 unspecified atom stereocenters. The minimum Gasteiger partial charge on any atom is -0.399 e. The van der Waals surface area contributed by atoms with E-state index in [0.717, 1.165) is 49.6 Å². The van der Waals surface area contributed by atoms with Gasteiger partial charge in [-0.2, -0.15) is 0 Å². The largest absolute Gasteiger partial charge is 0.495 e. The lowest BCUT2D eigenvalue weighted by molar-refractivity contribution is -0.00120. The summed E-state index contributed by atoms with van der Waals surface area (Å²) >= 11 is 0. The van der Waals surface area contributed by atoms with Gasteiger partial charge in [-0.1, -0.05) is 75.1 Å². The van der Waals surface area contributed by atoms with Crippen LogP contribution < -0.4 is 5.46 Å². The smallest absolute Gasteiger partial charge is 0.399 e. The summed E-state index contributed by atoms with van der Waals surface area (Å²) in [7, 11) is -0.343. The first kappa shape index (κ1) is 26.4. The number of aliphatic hydroxyl groups is 1. The van der Waals surface area contributed by atoms with Gasteiger partial charge in [0.1, 0.15) is 0 Å². The number of hydrogen-bond acceptors (Lipinski definition) is 3. The normalized spacial score (nSPS) is 21.3. The predicted octanol–water partition coefficient (Wildman–Crippen LogP) is 6.86. The molecule has 3 nitrogen and oxygen atoms in total. The van der Waals surface area contributed by atoms with E-state index in [4.69, 9.17) is 9.31 Å². The summed E-state index contributed by atoms with van der Waals surface area (Å²) in [6, 6.07) is 13.6. The molecule has 0 atom stereocenters. The van der Waals surface area contributed by atoms with Crippen molar-refractivity contribution in [2.75, 3.05) is 0 Å². The summed E-state index contributed by atoms with van der Waals surface area (Å²) in [5.41, 5.74) is 5.90. The molecule has 1 saturated heterocycles. The fourth-order valence-corrected chi connectivity index (χ4v) is 6.33. The van der Waals surface area contributed by atoms with Gasteiger partial charge in [0.05, 0.1) is 16.8 Å². The van der Waals surface area contributed by atoms with Crippen molar-refractivity contribution >= 4 is 12.6 Å². The first-order chi connectivity index (χ1) is 16.4. The Hall–Kier alpha value is -1.62. The monoisotopic (exact) mass is 476 g/mol. The Kier molecular flexibility index (Phi) is 7.07. The minimum atomic E-state index is -0.664. The molecule has 0 amide bonds. The third-order valence-corrected chi connectivity index (χ3v) is 9.50. The Balaban J connectivity index is 1.69. The standard InChI is InChI=1S/C31H45BO3/c1-9-30(10-2,24-14-16-26(22(3)20-24)31(33)18-12-11-13-19-31)25-15-17-27(23(4)21-25)32-34-28(5,6)29(7,8)35-32/h14-17,20-21,33H,9-13,18-19H2,1-8H3. The van der Waals surface area contributed by atoms with E-state index in [0.29, 0.717) is 0 Å². The van der Waals surface area contributed by atoms with Gasteiger partial charge in [0, 0.05) is 5.41 Å². The predicted molar refractivity (Wildman–Crippen MR) is 146 cm³/mol. The number of rotatable bonds is 6. The summed E-state index contributed by atoms with van der Waals surface area (Å²) in [4.78, 5) is 0. The van der Waals surface area contributed by atoms with Crippen molar-refractivity contribution in [2.45, 2.75) is 123 Å². The molecule has 2 aromatic carbocycles. The van der Waals surface area contributed by atoms with E-state index in [-0.39, 0.29) is 23.7 Å². The zero-order chi connectivity index (χ0) is 25.6. The Morgan fingerprint density at radius 3 is 1.80 bits per heavy atom. The van der Waals surface area contributed by atoms with Crippen LogP contribution >= 0.6 is 0 Å². The third-order valence-electron chi connectivity index (χ3n) is 9.50. The second kappa shape index (κ2) is 9.36. The van der Waals surface area contributed by atoms with E-state index < -0.39 is 5.60 Å². The Bertz CT molecular complexity index is 1040. The molecule has 1 heterocycles. The average molecular weight is 477 g/mol. The summed E-state index contributed by atoms with van der Waals surface area (Å²) in [6.07, 6.45) is 7.23. The van der Waals surface area contributed by atoms with Gasteiger partial charge in [-0.25, -0.2) is 0 Å². The fourth-order valence-electron chi connectivity index (χ4n) is 6.33. The van der Waals surface area contributed by atoms with Crippen molar-refractivity contribution in [1.29, 1.82) is 0 Å². The molecule has 2 aliphatic rings. The van der Waals surface area contributed by atoms with Gasteiger partial charge in [-0.15, -0.1) is 0 Å². The molecule has 0 radical (unpaired) electrons. The molecule has 1 N–H and O–H groups in total. The molecule has 0 bridgehead atoms. The zero-order valence-electron chi connectivity index (χ0n) is 23.3. The van der Waals surface area contributed by atoms with Gasteiger partial charge in [0.15, 0.2) is 0 Å². The molecule has 1 aliphatic heterocycles. The highest BCUT2D eigenvalue weighted by atomic mass is 16.7. The summed E-state index contributed by atoms with van der Waals surface area (Å²) in [5.74, 6) is 0. The van der Waals surface area contributed by atoms with E-state index >= 15 is 0 Å². The summed E-state index contributed by atoms with van der Waals surface area (Å²) < 4.78 is 12.7. The van der Waals surface area contributed by atoms with Crippen LogP contribution in [0.1, 0.15) is 114 Å². The Morgan fingerprint density at radius 1 is 0.800 bits per heavy atom. The zero-order valence-corrected chi connectivity index (χ0v) is 23.3. The Morgan fingerprint density at radius 2 is 1.31 bits per heavy atom. The van der Waals surface area contributed by atoms with Crippen LogP contribution in [0.25, 0.3) is 0 Å². The van der Waals surface area contributed by atoms with Gasteiger partial charge in [0.2, 0.25) is 0 Å². The molecule has 0 aromatic heterocycles. The molecule has 2 aromatic rings. The van der Waals surface area contributed by atoms with Gasteiger partial charge in [-0.3, -0.25) is 0 Å². The van der Waals surface area contributed by atoms with Crippen LogP contribution in [0.5, 0.6) is 0 Å². The van der Waals surface area contributed by atoms with Gasteiger partial charge < -0.3 is 14.4 Å². The molecule has 4 heteroatoms. The minimum absolute atomic E-state index is 0.0717. The lowest BCUT2D eigenvalue weighted by atomic mass is 9.67. The van der Waals surface area contributed by atoms with Crippen molar-refractivity contribution in [3.8, 4) is 0 Å². The van der Waals surface area contributed by atoms with E-state index in [1.807, 2.05) is 0 Å². The van der Waals surface area contributed by atoms with Crippen LogP contribution in [0.3, 0.4) is 0 Å². The molecule has 1 aliphatic carbocycles. The van der Waals surface area contributed by atoms with Crippen molar-refractivity contribution in [3.05, 3.63) is 64.2 Å². The number of hydrogen-bond donors (Lipinski definition) is 1. The van der Waals surface area contributed by atoms with Crippen LogP contribution in [-0.2, 0) is 20.3 Å². The van der Waals surface area contributed by atoms with Crippen molar-refractivity contribution in [2.24, 2.45) is 0 Å². The maximum Gasteiger partial charge on any atom is 0.495 e. The van der Waals surface area contributed by atoms with Crippen LogP contribution in [0.4, 0.5) is 0 Å². The highest BCUT2D eigenvalue weighted by molar-refractivity contribution is 6.62. The SMILES string of the molecule is CCC(CC)(c1ccc(B2OC(C)(C)C(C)(C)O2)c(C)c1)c1ccc(C2(O)CCCCC2)c(C)c1. The maximum atomic E-state index is 11.4. The second-order valence-corrected chi connectivity index (χ2v) is 12.1. The van der Waals surface area contributed by atoms with Crippen LogP contribution in [0.15, 0.2) is 36.4 Å². The molecule has 1 saturated carbocycles. The summed E-state index contributed by atoms with van der Waals surface area (Å²) in [6.45, 7) is 17.3. The van der Waals surface area contributed by atoms with E-state index in [1.165, 1.54) is 28.7 Å². The fraction of sp³-hybridized carbons (Fsp3) is 0.613. The molecule has 190 valence electrons. The van der Waals surface area contributed by atoms with Crippen LogP contribution in [0.2, 0.25) is 0 Å². The average Bonchev–Trinajstić information content (AvgIpc) is 3.02. The van der Waals surface area contributed by atoms with E-state index in [1.54, 1.807) is 0 Å². The topological polar surface area (TPSA) is 38.7 Å². The highest BCUT2D eigenvalue weighted by Gasteiger charge is 2.52. The van der Waals surface area contributed by atoms with Crippen molar-refractivity contribution < 1.29 is 14.4 Å². The molecular formula is C31H45BO3. The van der Waals surface area contributed by atoms with E-state index in [2.05, 4.69) is 91.8 Å². The molecular weight excluding hydrogens is 431 g/mol. The van der Waals surface area contributed by atoms with Crippen LogP contribution in [0, 0.1) is 13.8 Å². The van der Waals surface area contributed by atoms with Crippen molar-refractivity contribution in [1.82, 2.24) is 0 Å². The quantitative estimate of drug-likeness (QED) is 0.463. The van der Waals surface area contributed by atoms with Gasteiger partial charge >= 0.3 is 7.12 Å². The lowest BCUT2D eigenvalue weighted by Gasteiger charge is -2.37. The van der Waals surface area contributed by atoms with Crippen LogP contribution in [-0.4, -0.2) is 23.4 Å². The number of aryl methyl sites for hydroxylation is 2. The van der Waals surface area contributed by atoms with Crippen molar-refractivity contribution in [3.63, 3.8) is 0 Å². The third kappa shape index (κ3) is 4.51. The van der Waals surface area contributed by atoms with Gasteiger partial charge in [-0.05, 0) is 94.9 Å². The first-order valence-electron chi connectivity index (χ1n) is 13.7. The second-order valence-electron chi connectivity index (χ2n) is 12.1. The summed E-state index contributed by atoms with van der Waals surface area (Å²) in [5, 5.41) is 11.4. The molecule has 0 spiro atoms.